The second-order valence-electron chi connectivity index (χ2n) is 5.08. The number of nitrogens with one attached hydrogen (secondary N) is 1. The van der Waals surface area contributed by atoms with E-state index in [1.807, 2.05) is 36.4 Å². The summed E-state index contributed by atoms with van der Waals surface area (Å²) in [4.78, 5) is 0. The largest absolute Gasteiger partial charge is 0.491 e. The van der Waals surface area contributed by atoms with Gasteiger partial charge >= 0.3 is 0 Å². The van der Waals surface area contributed by atoms with Crippen molar-refractivity contribution in [2.45, 2.75) is 26.8 Å². The zero-order valence-corrected chi connectivity index (χ0v) is 11.7. The number of furan rings is 1. The van der Waals surface area contributed by atoms with Crippen LogP contribution in [0.3, 0.4) is 0 Å². The summed E-state index contributed by atoms with van der Waals surface area (Å²) in [5, 5.41) is 3.42. The molecule has 0 bridgehead atoms. The van der Waals surface area contributed by atoms with Gasteiger partial charge in [-0.05, 0) is 37.1 Å². The Morgan fingerprint density at radius 2 is 1.89 bits per heavy atom. The summed E-state index contributed by atoms with van der Waals surface area (Å²) in [7, 11) is 0. The van der Waals surface area contributed by atoms with E-state index in [1.165, 1.54) is 0 Å². The van der Waals surface area contributed by atoms with Crippen LogP contribution in [0.5, 0.6) is 5.75 Å². The number of anilines is 1. The molecule has 2 aromatic rings. The standard InChI is InChI=1S/C16H21NO2/c1-12(2)11-19-16-8-5-4-7-14(16)17-13(3)15-9-6-10-18-15/h4-10,12-13,17H,11H2,1-3H3. The summed E-state index contributed by atoms with van der Waals surface area (Å²) in [6, 6.07) is 12.0. The van der Waals surface area contributed by atoms with Crippen LogP contribution < -0.4 is 10.1 Å². The van der Waals surface area contributed by atoms with Gasteiger partial charge in [-0.2, -0.15) is 0 Å². The zero-order valence-electron chi connectivity index (χ0n) is 11.7. The molecule has 3 heteroatoms. The van der Waals surface area contributed by atoms with E-state index >= 15 is 0 Å². The minimum atomic E-state index is 0.110. The molecule has 0 saturated carbocycles. The fourth-order valence-electron chi connectivity index (χ4n) is 1.81. The van der Waals surface area contributed by atoms with E-state index in [-0.39, 0.29) is 6.04 Å². The van der Waals surface area contributed by atoms with Gasteiger partial charge in [-0.3, -0.25) is 0 Å². The Labute approximate surface area is 114 Å². The lowest BCUT2D eigenvalue weighted by atomic mass is 10.2. The Kier molecular flexibility index (Phi) is 4.50. The Balaban J connectivity index is 2.07. The van der Waals surface area contributed by atoms with Crippen molar-refractivity contribution in [3.8, 4) is 5.75 Å². The highest BCUT2D eigenvalue weighted by molar-refractivity contribution is 5.57. The van der Waals surface area contributed by atoms with Crippen molar-refractivity contribution in [2.75, 3.05) is 11.9 Å². The van der Waals surface area contributed by atoms with Gasteiger partial charge in [-0.25, -0.2) is 0 Å². The molecule has 1 aromatic carbocycles. The Hall–Kier alpha value is -1.90. The minimum absolute atomic E-state index is 0.110. The second kappa shape index (κ2) is 6.32. The maximum absolute atomic E-state index is 5.82. The quantitative estimate of drug-likeness (QED) is 0.830. The van der Waals surface area contributed by atoms with Crippen LogP contribution in [0.4, 0.5) is 5.69 Å². The Morgan fingerprint density at radius 3 is 2.58 bits per heavy atom. The predicted octanol–water partition coefficient (Wildman–Crippen LogP) is 4.49. The molecule has 1 aromatic heterocycles. The van der Waals surface area contributed by atoms with Crippen LogP contribution in [0.25, 0.3) is 0 Å². The average Bonchev–Trinajstić information content (AvgIpc) is 2.91. The summed E-state index contributed by atoms with van der Waals surface area (Å²) in [5.41, 5.74) is 0.993. The first kappa shape index (κ1) is 13.5. The summed E-state index contributed by atoms with van der Waals surface area (Å²) in [6.45, 7) is 7.06. The summed E-state index contributed by atoms with van der Waals surface area (Å²) < 4.78 is 11.2. The van der Waals surface area contributed by atoms with Crippen LogP contribution in [0.2, 0.25) is 0 Å². The van der Waals surface area contributed by atoms with Gasteiger partial charge < -0.3 is 14.5 Å². The van der Waals surface area contributed by atoms with Gasteiger partial charge in [0.1, 0.15) is 11.5 Å². The van der Waals surface area contributed by atoms with E-state index in [0.29, 0.717) is 12.5 Å². The smallest absolute Gasteiger partial charge is 0.142 e. The van der Waals surface area contributed by atoms with Crippen molar-refractivity contribution in [3.63, 3.8) is 0 Å². The maximum Gasteiger partial charge on any atom is 0.142 e. The van der Waals surface area contributed by atoms with E-state index in [0.717, 1.165) is 17.2 Å². The average molecular weight is 259 g/mol. The van der Waals surface area contributed by atoms with Crippen LogP contribution in [-0.4, -0.2) is 6.61 Å². The number of para-hydroxylation sites is 2. The summed E-state index contributed by atoms with van der Waals surface area (Å²) >= 11 is 0. The first-order valence-corrected chi connectivity index (χ1v) is 6.68. The molecule has 0 saturated heterocycles. The fraction of sp³-hybridized carbons (Fsp3) is 0.375. The Morgan fingerprint density at radius 1 is 1.11 bits per heavy atom. The van der Waals surface area contributed by atoms with Gasteiger partial charge in [0.05, 0.1) is 24.6 Å². The van der Waals surface area contributed by atoms with E-state index in [9.17, 15) is 0 Å². The Bertz CT molecular complexity index is 491. The van der Waals surface area contributed by atoms with Crippen molar-refractivity contribution >= 4 is 5.69 Å². The molecule has 3 nitrogen and oxygen atoms in total. The number of benzene rings is 1. The highest BCUT2D eigenvalue weighted by Gasteiger charge is 2.11. The molecule has 2 rings (SSSR count). The molecule has 1 atom stereocenters. The van der Waals surface area contributed by atoms with Crippen molar-refractivity contribution in [1.29, 1.82) is 0 Å². The fourth-order valence-corrected chi connectivity index (χ4v) is 1.81. The maximum atomic E-state index is 5.82. The molecule has 102 valence electrons. The highest BCUT2D eigenvalue weighted by Crippen LogP contribution is 2.28. The van der Waals surface area contributed by atoms with Crippen LogP contribution >= 0.6 is 0 Å². The molecule has 19 heavy (non-hydrogen) atoms. The molecule has 0 fully saturated rings. The third kappa shape index (κ3) is 3.78. The topological polar surface area (TPSA) is 34.4 Å². The van der Waals surface area contributed by atoms with Gasteiger partial charge in [-0.15, -0.1) is 0 Å². The monoisotopic (exact) mass is 259 g/mol. The molecule has 1 N–H and O–H groups in total. The van der Waals surface area contributed by atoms with Crippen molar-refractivity contribution in [3.05, 3.63) is 48.4 Å². The summed E-state index contributed by atoms with van der Waals surface area (Å²) in [5.74, 6) is 2.31. The van der Waals surface area contributed by atoms with Gasteiger partial charge in [0, 0.05) is 0 Å². The van der Waals surface area contributed by atoms with Crippen molar-refractivity contribution in [2.24, 2.45) is 5.92 Å². The molecule has 0 aliphatic carbocycles. The normalized spacial score (nSPS) is 12.4. The second-order valence-corrected chi connectivity index (χ2v) is 5.08. The molecular weight excluding hydrogens is 238 g/mol. The number of rotatable bonds is 6. The molecule has 0 aliphatic heterocycles. The van der Waals surface area contributed by atoms with Crippen molar-refractivity contribution in [1.82, 2.24) is 0 Å². The van der Waals surface area contributed by atoms with Crippen LogP contribution in [-0.2, 0) is 0 Å². The predicted molar refractivity (Wildman–Crippen MR) is 77.5 cm³/mol. The molecule has 0 aliphatic rings. The summed E-state index contributed by atoms with van der Waals surface area (Å²) in [6.07, 6.45) is 1.69. The van der Waals surface area contributed by atoms with Crippen LogP contribution in [0, 0.1) is 5.92 Å². The molecule has 0 spiro atoms. The third-order valence-corrected chi connectivity index (χ3v) is 2.80. The first-order chi connectivity index (χ1) is 9.16. The number of hydrogen-bond acceptors (Lipinski definition) is 3. The van der Waals surface area contributed by atoms with Crippen LogP contribution in [0.1, 0.15) is 32.6 Å². The first-order valence-electron chi connectivity index (χ1n) is 6.68. The zero-order chi connectivity index (χ0) is 13.7. The molecule has 0 amide bonds. The molecule has 1 unspecified atom stereocenters. The van der Waals surface area contributed by atoms with Crippen molar-refractivity contribution < 1.29 is 9.15 Å². The van der Waals surface area contributed by atoms with Gasteiger partial charge in [0.25, 0.3) is 0 Å². The van der Waals surface area contributed by atoms with E-state index < -0.39 is 0 Å². The molecular formula is C16H21NO2. The highest BCUT2D eigenvalue weighted by atomic mass is 16.5. The lowest BCUT2D eigenvalue weighted by Gasteiger charge is -2.17. The number of ether oxygens (including phenoxy) is 1. The van der Waals surface area contributed by atoms with E-state index in [2.05, 4.69) is 26.1 Å². The lowest BCUT2D eigenvalue weighted by molar-refractivity contribution is 0.272. The SMILES string of the molecule is CC(C)COc1ccccc1NC(C)c1ccco1. The number of hydrogen-bond donors (Lipinski definition) is 1. The third-order valence-electron chi connectivity index (χ3n) is 2.80. The molecule has 1 heterocycles. The van der Waals surface area contributed by atoms with E-state index in [1.54, 1.807) is 6.26 Å². The van der Waals surface area contributed by atoms with Gasteiger partial charge in [0.15, 0.2) is 0 Å². The molecule has 0 radical (unpaired) electrons. The lowest BCUT2D eigenvalue weighted by Crippen LogP contribution is -2.09. The van der Waals surface area contributed by atoms with Gasteiger partial charge in [-0.1, -0.05) is 26.0 Å². The van der Waals surface area contributed by atoms with Crippen LogP contribution in [0.15, 0.2) is 47.1 Å². The van der Waals surface area contributed by atoms with Gasteiger partial charge in [0.2, 0.25) is 0 Å². The van der Waals surface area contributed by atoms with E-state index in [4.69, 9.17) is 9.15 Å². The minimum Gasteiger partial charge on any atom is -0.491 e.